The van der Waals surface area contributed by atoms with Crippen molar-refractivity contribution in [2.24, 2.45) is 0 Å². The van der Waals surface area contributed by atoms with Gasteiger partial charge >= 0.3 is 0 Å². The first kappa shape index (κ1) is 29.3. The minimum Gasteiger partial charge on any atom is -0.400 e. The molecule has 0 N–H and O–H groups in total. The van der Waals surface area contributed by atoms with Gasteiger partial charge in [-0.25, -0.2) is 0 Å². The average Bonchev–Trinajstić information content (AvgIpc) is 3.01. The standard InChI is InChI=1S/C37H41O2PSi/c1-30-25-26-31(27-28-40(38,32-17-9-5-10-18-32)33-19-11-6-12-20-33)29-36(30)39-41(37(2,3)4,34-21-13-7-14-22-34)35-23-15-8-16-24-35/h5-24,27,36H,1,25-26,28-29H2,2-4H3/t36-/m1/s1. The Kier molecular flexibility index (Phi) is 8.80. The SMILES string of the molecule is C=C1CCC(=CCP(=O)(c2ccccc2)c2ccccc2)C[C@H]1O[Si](c1ccccc1)(c1ccccc1)C(C)(C)C. The highest BCUT2D eigenvalue weighted by Gasteiger charge is 2.52. The molecule has 4 heteroatoms. The quantitative estimate of drug-likeness (QED) is 0.123. The lowest BCUT2D eigenvalue weighted by Gasteiger charge is -2.46. The summed E-state index contributed by atoms with van der Waals surface area (Å²) in [7, 11) is -5.54. The van der Waals surface area contributed by atoms with Crippen LogP contribution in [0.5, 0.6) is 0 Å². The summed E-state index contributed by atoms with van der Waals surface area (Å²) in [6, 6.07) is 41.5. The maximum absolute atomic E-state index is 14.6. The maximum atomic E-state index is 14.6. The number of hydrogen-bond acceptors (Lipinski definition) is 2. The molecule has 0 amide bonds. The Labute approximate surface area is 247 Å². The second-order valence-electron chi connectivity index (χ2n) is 12.1. The summed E-state index contributed by atoms with van der Waals surface area (Å²) in [4.78, 5) is 0. The molecule has 1 fully saturated rings. The van der Waals surface area contributed by atoms with Crippen LogP contribution in [0.4, 0.5) is 0 Å². The average molecular weight is 577 g/mol. The minimum absolute atomic E-state index is 0.0888. The van der Waals surface area contributed by atoms with E-state index in [1.54, 1.807) is 0 Å². The third-order valence-corrected chi connectivity index (χ3v) is 16.4. The van der Waals surface area contributed by atoms with E-state index in [1.807, 2.05) is 60.7 Å². The molecule has 0 aromatic heterocycles. The molecule has 0 spiro atoms. The van der Waals surface area contributed by atoms with Crippen molar-refractivity contribution in [1.29, 1.82) is 0 Å². The van der Waals surface area contributed by atoms with Crippen LogP contribution in [0.15, 0.2) is 145 Å². The lowest BCUT2D eigenvalue weighted by atomic mass is 9.89. The Bertz CT molecular complexity index is 1440. The number of benzene rings is 4. The topological polar surface area (TPSA) is 26.3 Å². The molecule has 0 unspecified atom stereocenters. The van der Waals surface area contributed by atoms with Crippen molar-refractivity contribution in [3.05, 3.63) is 145 Å². The second-order valence-corrected chi connectivity index (χ2v) is 19.2. The van der Waals surface area contributed by atoms with E-state index in [4.69, 9.17) is 4.43 Å². The van der Waals surface area contributed by atoms with Crippen molar-refractivity contribution >= 4 is 36.4 Å². The second kappa shape index (κ2) is 12.3. The van der Waals surface area contributed by atoms with Crippen LogP contribution in [0.25, 0.3) is 0 Å². The Balaban J connectivity index is 1.50. The summed E-state index contributed by atoms with van der Waals surface area (Å²) in [5, 5.41) is 4.26. The van der Waals surface area contributed by atoms with Crippen molar-refractivity contribution in [2.75, 3.05) is 6.16 Å². The minimum atomic E-state index is -2.82. The maximum Gasteiger partial charge on any atom is 0.261 e. The van der Waals surface area contributed by atoms with E-state index in [1.165, 1.54) is 15.9 Å². The smallest absolute Gasteiger partial charge is 0.261 e. The van der Waals surface area contributed by atoms with Crippen molar-refractivity contribution in [3.63, 3.8) is 0 Å². The molecule has 210 valence electrons. The summed E-state index contributed by atoms with van der Waals surface area (Å²) in [6.45, 7) is 11.5. The van der Waals surface area contributed by atoms with Crippen molar-refractivity contribution in [3.8, 4) is 0 Å². The number of rotatable bonds is 8. The van der Waals surface area contributed by atoms with E-state index in [-0.39, 0.29) is 11.1 Å². The van der Waals surface area contributed by atoms with E-state index >= 15 is 0 Å². The first-order chi connectivity index (χ1) is 19.7. The van der Waals surface area contributed by atoms with Gasteiger partial charge in [0.25, 0.3) is 8.32 Å². The van der Waals surface area contributed by atoms with Crippen LogP contribution >= 0.6 is 7.14 Å². The summed E-state index contributed by atoms with van der Waals surface area (Å²) in [6.07, 6.45) is 5.27. The molecule has 1 aliphatic rings. The van der Waals surface area contributed by atoms with Crippen molar-refractivity contribution in [2.45, 2.75) is 51.2 Å². The van der Waals surface area contributed by atoms with Crippen LogP contribution in [-0.2, 0) is 8.99 Å². The summed E-state index contributed by atoms with van der Waals surface area (Å²) >= 11 is 0. The highest BCUT2D eigenvalue weighted by Crippen LogP contribution is 2.45. The zero-order valence-electron chi connectivity index (χ0n) is 24.5. The van der Waals surface area contributed by atoms with E-state index in [9.17, 15) is 4.57 Å². The molecule has 1 atom stereocenters. The first-order valence-corrected chi connectivity index (χ1v) is 18.4. The zero-order valence-corrected chi connectivity index (χ0v) is 26.4. The van der Waals surface area contributed by atoms with Crippen LogP contribution < -0.4 is 21.0 Å². The van der Waals surface area contributed by atoms with Gasteiger partial charge in [0.05, 0.1) is 6.10 Å². The molecular formula is C37H41O2PSi. The summed E-state index contributed by atoms with van der Waals surface area (Å²) in [5.41, 5.74) is 2.47. The molecular weight excluding hydrogens is 535 g/mol. The first-order valence-electron chi connectivity index (χ1n) is 14.6. The van der Waals surface area contributed by atoms with Crippen molar-refractivity contribution < 1.29 is 8.99 Å². The summed E-state index contributed by atoms with van der Waals surface area (Å²) in [5.74, 6) is 0. The largest absolute Gasteiger partial charge is 0.400 e. The molecule has 0 aliphatic heterocycles. The molecule has 4 aromatic carbocycles. The van der Waals surface area contributed by atoms with Crippen LogP contribution in [0, 0.1) is 0 Å². The monoisotopic (exact) mass is 576 g/mol. The Hall–Kier alpha value is -3.23. The Morgan fingerprint density at radius 1 is 0.756 bits per heavy atom. The van der Waals surface area contributed by atoms with Crippen LogP contribution in [0.1, 0.15) is 40.0 Å². The van der Waals surface area contributed by atoms with Gasteiger partial charge in [-0.15, -0.1) is 0 Å². The normalized spacial score (nSPS) is 17.5. The molecule has 0 saturated heterocycles. The van der Waals surface area contributed by atoms with Gasteiger partial charge < -0.3 is 8.99 Å². The van der Waals surface area contributed by atoms with Gasteiger partial charge in [0.2, 0.25) is 0 Å². The van der Waals surface area contributed by atoms with E-state index in [0.29, 0.717) is 6.16 Å². The highest BCUT2D eigenvalue weighted by molar-refractivity contribution is 7.78. The molecule has 0 radical (unpaired) electrons. The molecule has 5 rings (SSSR count). The van der Waals surface area contributed by atoms with Gasteiger partial charge in [0.1, 0.15) is 7.14 Å². The van der Waals surface area contributed by atoms with Crippen LogP contribution in [0.3, 0.4) is 0 Å². The lowest BCUT2D eigenvalue weighted by molar-refractivity contribution is 0.208. The molecule has 1 aliphatic carbocycles. The van der Waals surface area contributed by atoms with E-state index < -0.39 is 15.5 Å². The van der Waals surface area contributed by atoms with E-state index in [2.05, 4.69) is 94.1 Å². The van der Waals surface area contributed by atoms with Gasteiger partial charge in [-0.05, 0) is 40.2 Å². The summed E-state index contributed by atoms with van der Waals surface area (Å²) < 4.78 is 22.1. The molecule has 41 heavy (non-hydrogen) atoms. The van der Waals surface area contributed by atoms with E-state index in [0.717, 1.165) is 35.4 Å². The third-order valence-electron chi connectivity index (χ3n) is 8.39. The number of hydrogen-bond donors (Lipinski definition) is 0. The van der Waals surface area contributed by atoms with Gasteiger partial charge in [-0.1, -0.05) is 160 Å². The molecule has 2 nitrogen and oxygen atoms in total. The zero-order chi connectivity index (χ0) is 28.9. The molecule has 4 aromatic rings. The molecule has 1 saturated carbocycles. The fraction of sp³-hybridized carbons (Fsp3) is 0.243. The van der Waals surface area contributed by atoms with Gasteiger partial charge in [0.15, 0.2) is 0 Å². The lowest BCUT2D eigenvalue weighted by Crippen LogP contribution is -2.68. The Morgan fingerprint density at radius 2 is 1.20 bits per heavy atom. The predicted molar refractivity (Wildman–Crippen MR) is 178 cm³/mol. The Morgan fingerprint density at radius 3 is 1.63 bits per heavy atom. The highest BCUT2D eigenvalue weighted by atomic mass is 31.2. The predicted octanol–water partition coefficient (Wildman–Crippen LogP) is 7.61. The van der Waals surface area contributed by atoms with Gasteiger partial charge in [-0.3, -0.25) is 0 Å². The van der Waals surface area contributed by atoms with Gasteiger partial charge in [-0.2, -0.15) is 0 Å². The fourth-order valence-electron chi connectivity index (χ4n) is 6.14. The van der Waals surface area contributed by atoms with Crippen LogP contribution in [0.2, 0.25) is 5.04 Å². The molecule has 0 heterocycles. The van der Waals surface area contributed by atoms with Crippen molar-refractivity contribution in [1.82, 2.24) is 0 Å². The fourth-order valence-corrected chi connectivity index (χ4v) is 13.4. The third kappa shape index (κ3) is 6.04. The van der Waals surface area contributed by atoms with Crippen LogP contribution in [-0.4, -0.2) is 20.6 Å². The van der Waals surface area contributed by atoms with Gasteiger partial charge in [0, 0.05) is 16.8 Å². The number of allylic oxidation sites excluding steroid dienone is 1. The molecule has 0 bridgehead atoms.